The first-order valence-electron chi connectivity index (χ1n) is 4.73. The van der Waals surface area contributed by atoms with E-state index in [0.29, 0.717) is 11.8 Å². The molecule has 1 aliphatic heterocycles. The Morgan fingerprint density at radius 2 is 1.27 bits per heavy atom. The van der Waals surface area contributed by atoms with Gasteiger partial charge in [0.15, 0.2) is 0 Å². The highest BCUT2D eigenvalue weighted by molar-refractivity contribution is 4.97. The highest BCUT2D eigenvalue weighted by atomic mass is 16.6. The zero-order valence-electron chi connectivity index (χ0n) is 8.77. The summed E-state index contributed by atoms with van der Waals surface area (Å²) in [5, 5.41) is 0. The van der Waals surface area contributed by atoms with Gasteiger partial charge in [-0.1, -0.05) is 41.5 Å². The molecule has 0 saturated carbocycles. The minimum atomic E-state index is 0.250. The molecular weight excluding hydrogens is 136 g/mol. The van der Waals surface area contributed by atoms with Crippen molar-refractivity contribution in [1.29, 1.82) is 0 Å². The molecule has 68 valence electrons. The van der Waals surface area contributed by atoms with E-state index in [1.54, 1.807) is 0 Å². The van der Waals surface area contributed by atoms with Crippen LogP contribution in [-0.2, 0) is 4.74 Å². The normalized spacial score (nSPS) is 19.6. The second-order valence-corrected chi connectivity index (χ2v) is 3.55. The van der Waals surface area contributed by atoms with Gasteiger partial charge in [0, 0.05) is 0 Å². The first kappa shape index (κ1) is 11.0. The summed E-state index contributed by atoms with van der Waals surface area (Å²) in [6, 6.07) is 0. The Kier molecular flexibility index (Phi) is 4.09. The summed E-state index contributed by atoms with van der Waals surface area (Å²) in [6.45, 7) is 13.9. The van der Waals surface area contributed by atoms with Gasteiger partial charge in [-0.15, -0.1) is 0 Å². The molecule has 0 spiro atoms. The molecule has 1 fully saturated rings. The Morgan fingerprint density at radius 1 is 1.00 bits per heavy atom. The fraction of sp³-hybridized carbons (Fsp3) is 1.00. The summed E-state index contributed by atoms with van der Waals surface area (Å²) in [5.41, 5.74) is 0.250. The van der Waals surface area contributed by atoms with E-state index < -0.39 is 0 Å². The maximum atomic E-state index is 5.42. The van der Waals surface area contributed by atoms with Gasteiger partial charge in [-0.25, -0.2) is 0 Å². The fourth-order valence-corrected chi connectivity index (χ4v) is 1.42. The summed E-state index contributed by atoms with van der Waals surface area (Å²) >= 11 is 0. The van der Waals surface area contributed by atoms with Crippen molar-refractivity contribution in [3.8, 4) is 0 Å². The van der Waals surface area contributed by atoms with E-state index in [1.807, 2.05) is 13.8 Å². The first-order chi connectivity index (χ1) is 5.09. The lowest BCUT2D eigenvalue weighted by molar-refractivity contribution is 0.181. The van der Waals surface area contributed by atoms with E-state index in [0.717, 1.165) is 6.61 Å². The van der Waals surface area contributed by atoms with Crippen LogP contribution in [0.3, 0.4) is 0 Å². The Balaban J connectivity index is 0.000000461. The molecule has 0 amide bonds. The van der Waals surface area contributed by atoms with E-state index >= 15 is 0 Å². The summed E-state index contributed by atoms with van der Waals surface area (Å²) in [7, 11) is 0. The molecule has 0 N–H and O–H groups in total. The van der Waals surface area contributed by atoms with Crippen LogP contribution in [-0.4, -0.2) is 12.2 Å². The van der Waals surface area contributed by atoms with Gasteiger partial charge >= 0.3 is 0 Å². The topological polar surface area (TPSA) is 12.5 Å². The van der Waals surface area contributed by atoms with Crippen molar-refractivity contribution in [2.24, 2.45) is 11.8 Å². The van der Waals surface area contributed by atoms with Crippen LogP contribution < -0.4 is 0 Å². The standard InChI is InChI=1S/C8H16O.C2H6/c1-6(2)8(5-9-8)7(3)4;1-2/h6-7H,5H2,1-4H3;1-2H3. The van der Waals surface area contributed by atoms with E-state index in [2.05, 4.69) is 27.7 Å². The molecule has 11 heavy (non-hydrogen) atoms. The van der Waals surface area contributed by atoms with Gasteiger partial charge in [0.1, 0.15) is 0 Å². The lowest BCUT2D eigenvalue weighted by Crippen LogP contribution is -2.25. The molecule has 1 heteroatoms. The highest BCUT2D eigenvalue weighted by Gasteiger charge is 2.49. The molecule has 0 radical (unpaired) electrons. The van der Waals surface area contributed by atoms with Crippen molar-refractivity contribution in [3.63, 3.8) is 0 Å². The molecule has 1 rings (SSSR count). The Bertz CT molecular complexity index is 91.4. The van der Waals surface area contributed by atoms with Gasteiger partial charge in [0.05, 0.1) is 12.2 Å². The SMILES string of the molecule is CC.CC(C)C1(C(C)C)CO1. The molecule has 0 aromatic rings. The summed E-state index contributed by atoms with van der Waals surface area (Å²) in [4.78, 5) is 0. The van der Waals surface area contributed by atoms with Crippen LogP contribution in [0.1, 0.15) is 41.5 Å². The Morgan fingerprint density at radius 3 is 1.27 bits per heavy atom. The minimum Gasteiger partial charge on any atom is -0.369 e. The molecule has 0 bridgehead atoms. The molecule has 1 nitrogen and oxygen atoms in total. The van der Waals surface area contributed by atoms with Crippen LogP contribution in [0.2, 0.25) is 0 Å². The number of rotatable bonds is 2. The van der Waals surface area contributed by atoms with E-state index in [1.165, 1.54) is 0 Å². The molecule has 0 unspecified atom stereocenters. The van der Waals surface area contributed by atoms with Crippen LogP contribution in [0.4, 0.5) is 0 Å². The molecule has 1 aliphatic rings. The first-order valence-corrected chi connectivity index (χ1v) is 4.73. The predicted octanol–water partition coefficient (Wildman–Crippen LogP) is 3.09. The Hall–Kier alpha value is -0.0400. The quantitative estimate of drug-likeness (QED) is 0.563. The third-order valence-corrected chi connectivity index (χ3v) is 2.43. The van der Waals surface area contributed by atoms with E-state index in [9.17, 15) is 0 Å². The Labute approximate surface area is 71.1 Å². The average Bonchev–Trinajstić information content (AvgIpc) is 2.70. The van der Waals surface area contributed by atoms with Crippen molar-refractivity contribution in [2.45, 2.75) is 47.1 Å². The maximum absolute atomic E-state index is 5.42. The summed E-state index contributed by atoms with van der Waals surface area (Å²) in [6.07, 6.45) is 0. The molecule has 0 aromatic carbocycles. The second-order valence-electron chi connectivity index (χ2n) is 3.55. The van der Waals surface area contributed by atoms with Crippen LogP contribution in [0.15, 0.2) is 0 Å². The molecule has 1 saturated heterocycles. The monoisotopic (exact) mass is 158 g/mol. The third-order valence-electron chi connectivity index (χ3n) is 2.43. The van der Waals surface area contributed by atoms with Crippen molar-refractivity contribution in [3.05, 3.63) is 0 Å². The zero-order chi connectivity index (χ0) is 9.07. The van der Waals surface area contributed by atoms with Crippen LogP contribution in [0.5, 0.6) is 0 Å². The number of epoxide rings is 1. The van der Waals surface area contributed by atoms with Crippen LogP contribution in [0, 0.1) is 11.8 Å². The lowest BCUT2D eigenvalue weighted by atomic mass is 9.86. The van der Waals surface area contributed by atoms with Crippen molar-refractivity contribution in [1.82, 2.24) is 0 Å². The smallest absolute Gasteiger partial charge is 0.0961 e. The van der Waals surface area contributed by atoms with Gasteiger partial charge in [-0.2, -0.15) is 0 Å². The molecular formula is C10H22O. The van der Waals surface area contributed by atoms with E-state index in [4.69, 9.17) is 4.74 Å². The average molecular weight is 158 g/mol. The molecule has 0 aromatic heterocycles. The number of ether oxygens (including phenoxy) is 1. The minimum absolute atomic E-state index is 0.250. The maximum Gasteiger partial charge on any atom is 0.0961 e. The lowest BCUT2D eigenvalue weighted by Gasteiger charge is -2.19. The second kappa shape index (κ2) is 4.10. The summed E-state index contributed by atoms with van der Waals surface area (Å²) in [5.74, 6) is 1.36. The van der Waals surface area contributed by atoms with Crippen molar-refractivity contribution < 1.29 is 4.74 Å². The van der Waals surface area contributed by atoms with Gasteiger partial charge in [-0.05, 0) is 11.8 Å². The van der Waals surface area contributed by atoms with E-state index in [-0.39, 0.29) is 5.60 Å². The predicted molar refractivity (Wildman–Crippen MR) is 49.7 cm³/mol. The highest BCUT2D eigenvalue weighted by Crippen LogP contribution is 2.41. The number of hydrogen-bond acceptors (Lipinski definition) is 1. The van der Waals surface area contributed by atoms with Gasteiger partial charge < -0.3 is 4.74 Å². The van der Waals surface area contributed by atoms with Crippen molar-refractivity contribution >= 4 is 0 Å². The summed E-state index contributed by atoms with van der Waals surface area (Å²) < 4.78 is 5.42. The van der Waals surface area contributed by atoms with Crippen molar-refractivity contribution in [2.75, 3.05) is 6.61 Å². The van der Waals surface area contributed by atoms with Crippen LogP contribution >= 0.6 is 0 Å². The zero-order valence-corrected chi connectivity index (χ0v) is 8.77. The van der Waals surface area contributed by atoms with Gasteiger partial charge in [0.25, 0.3) is 0 Å². The number of hydrogen-bond donors (Lipinski definition) is 0. The molecule has 1 heterocycles. The van der Waals surface area contributed by atoms with Gasteiger partial charge in [0.2, 0.25) is 0 Å². The molecule has 0 aliphatic carbocycles. The van der Waals surface area contributed by atoms with Gasteiger partial charge in [-0.3, -0.25) is 0 Å². The molecule has 0 atom stereocenters. The third kappa shape index (κ3) is 2.19. The fourth-order valence-electron chi connectivity index (χ4n) is 1.42. The largest absolute Gasteiger partial charge is 0.369 e. The van der Waals surface area contributed by atoms with Crippen LogP contribution in [0.25, 0.3) is 0 Å².